The molecule has 2 heterocycles. The molecule has 1 aromatic rings. The van der Waals surface area contributed by atoms with E-state index in [-0.39, 0.29) is 6.03 Å². The van der Waals surface area contributed by atoms with Gasteiger partial charge in [-0.15, -0.1) is 0 Å². The zero-order valence-electron chi connectivity index (χ0n) is 6.70. The topological polar surface area (TPSA) is 58.1 Å². The summed E-state index contributed by atoms with van der Waals surface area (Å²) in [5, 5.41) is 2.68. The highest BCUT2D eigenvalue weighted by Crippen LogP contribution is 2.12. The zero-order chi connectivity index (χ0) is 9.26. The summed E-state index contributed by atoms with van der Waals surface area (Å²) in [6.45, 7) is 1.27. The number of hydrogen-bond donors (Lipinski definition) is 1. The summed E-state index contributed by atoms with van der Waals surface area (Å²) in [6, 6.07) is 1.58. The highest BCUT2D eigenvalue weighted by Gasteiger charge is 2.23. The van der Waals surface area contributed by atoms with Crippen molar-refractivity contribution in [2.45, 2.75) is 0 Å². The number of carbonyl (C=O) groups is 1. The second kappa shape index (κ2) is 3.29. The molecule has 0 aliphatic carbocycles. The van der Waals surface area contributed by atoms with Crippen molar-refractivity contribution in [2.75, 3.05) is 18.0 Å². The van der Waals surface area contributed by atoms with Gasteiger partial charge in [0.05, 0.1) is 0 Å². The second-order valence-electron chi connectivity index (χ2n) is 2.56. The SMILES string of the molecule is O=C1NCCN1c1nccc(Br)n1. The second-order valence-corrected chi connectivity index (χ2v) is 3.38. The summed E-state index contributed by atoms with van der Waals surface area (Å²) in [7, 11) is 0. The Kier molecular flexibility index (Phi) is 2.13. The third-order valence-electron chi connectivity index (χ3n) is 1.71. The molecule has 2 rings (SSSR count). The van der Waals surface area contributed by atoms with Gasteiger partial charge in [0, 0.05) is 19.3 Å². The average molecular weight is 243 g/mol. The standard InChI is InChI=1S/C7H7BrN4O/c8-5-1-2-9-6(11-5)12-4-3-10-7(12)13/h1-2H,3-4H2,(H,10,13). The summed E-state index contributed by atoms with van der Waals surface area (Å²) >= 11 is 3.22. The van der Waals surface area contributed by atoms with Crippen LogP contribution in [0.3, 0.4) is 0 Å². The van der Waals surface area contributed by atoms with E-state index in [4.69, 9.17) is 0 Å². The van der Waals surface area contributed by atoms with Crippen LogP contribution in [0.25, 0.3) is 0 Å². The monoisotopic (exact) mass is 242 g/mol. The molecular weight excluding hydrogens is 236 g/mol. The Labute approximate surface area is 83.3 Å². The molecule has 1 aliphatic rings. The van der Waals surface area contributed by atoms with Gasteiger partial charge in [-0.1, -0.05) is 0 Å². The number of rotatable bonds is 1. The van der Waals surface area contributed by atoms with Crippen molar-refractivity contribution >= 4 is 27.9 Å². The molecule has 5 nitrogen and oxygen atoms in total. The average Bonchev–Trinajstić information content (AvgIpc) is 2.51. The number of amides is 2. The Hall–Kier alpha value is -1.17. The number of anilines is 1. The van der Waals surface area contributed by atoms with E-state index in [0.29, 0.717) is 23.6 Å². The summed E-state index contributed by atoms with van der Waals surface area (Å²) in [4.78, 5) is 20.8. The molecule has 2 amide bonds. The molecule has 1 saturated heterocycles. The van der Waals surface area contributed by atoms with Crippen molar-refractivity contribution in [1.29, 1.82) is 0 Å². The third kappa shape index (κ3) is 1.62. The fourth-order valence-electron chi connectivity index (χ4n) is 1.12. The van der Waals surface area contributed by atoms with Crippen molar-refractivity contribution in [2.24, 2.45) is 0 Å². The Morgan fingerprint density at radius 2 is 2.46 bits per heavy atom. The lowest BCUT2D eigenvalue weighted by atomic mass is 10.6. The largest absolute Gasteiger partial charge is 0.336 e. The van der Waals surface area contributed by atoms with Crippen LogP contribution < -0.4 is 10.2 Å². The fraction of sp³-hybridized carbons (Fsp3) is 0.286. The van der Waals surface area contributed by atoms with Gasteiger partial charge >= 0.3 is 6.03 Å². The van der Waals surface area contributed by atoms with E-state index in [1.54, 1.807) is 12.3 Å². The Bertz CT molecular complexity index is 343. The lowest BCUT2D eigenvalue weighted by Gasteiger charge is -2.10. The van der Waals surface area contributed by atoms with Crippen molar-refractivity contribution in [3.05, 3.63) is 16.9 Å². The summed E-state index contributed by atoms with van der Waals surface area (Å²) in [5.41, 5.74) is 0. The first-order valence-electron chi connectivity index (χ1n) is 3.81. The maximum atomic E-state index is 11.2. The number of hydrogen-bond acceptors (Lipinski definition) is 3. The van der Waals surface area contributed by atoms with Gasteiger partial charge in [-0.25, -0.2) is 14.8 Å². The molecule has 0 atom stereocenters. The summed E-state index contributed by atoms with van der Waals surface area (Å²) in [6.07, 6.45) is 1.61. The number of halogens is 1. The van der Waals surface area contributed by atoms with Crippen LogP contribution >= 0.6 is 15.9 Å². The minimum atomic E-state index is -0.141. The number of aromatic nitrogens is 2. The van der Waals surface area contributed by atoms with Crippen LogP contribution in [-0.2, 0) is 0 Å². The predicted octanol–water partition coefficient (Wildman–Crippen LogP) is 0.769. The lowest BCUT2D eigenvalue weighted by Crippen LogP contribution is -2.29. The Morgan fingerprint density at radius 3 is 3.08 bits per heavy atom. The normalized spacial score (nSPS) is 16.1. The molecule has 13 heavy (non-hydrogen) atoms. The maximum Gasteiger partial charge on any atom is 0.324 e. The first kappa shape index (κ1) is 8.43. The third-order valence-corrected chi connectivity index (χ3v) is 2.15. The van der Waals surface area contributed by atoms with Crippen LogP contribution in [0.4, 0.5) is 10.7 Å². The van der Waals surface area contributed by atoms with E-state index >= 15 is 0 Å². The molecular formula is C7H7BrN4O. The maximum absolute atomic E-state index is 11.2. The minimum Gasteiger partial charge on any atom is -0.336 e. The van der Waals surface area contributed by atoms with Gasteiger partial charge in [-0.05, 0) is 22.0 Å². The van der Waals surface area contributed by atoms with Crippen LogP contribution in [0.1, 0.15) is 0 Å². The van der Waals surface area contributed by atoms with Crippen molar-refractivity contribution in [3.63, 3.8) is 0 Å². The molecule has 1 aromatic heterocycles. The fourth-order valence-corrected chi connectivity index (χ4v) is 1.40. The molecule has 0 spiro atoms. The van der Waals surface area contributed by atoms with Gasteiger partial charge in [0.1, 0.15) is 4.60 Å². The number of carbonyl (C=O) groups excluding carboxylic acids is 1. The van der Waals surface area contributed by atoms with E-state index in [0.717, 1.165) is 0 Å². The van der Waals surface area contributed by atoms with Crippen LogP contribution in [0.15, 0.2) is 16.9 Å². The van der Waals surface area contributed by atoms with Gasteiger partial charge in [0.25, 0.3) is 0 Å². The molecule has 6 heteroatoms. The quantitative estimate of drug-likeness (QED) is 0.741. The van der Waals surface area contributed by atoms with Crippen molar-refractivity contribution < 1.29 is 4.79 Å². The highest BCUT2D eigenvalue weighted by atomic mass is 79.9. The van der Waals surface area contributed by atoms with Crippen LogP contribution in [0.5, 0.6) is 0 Å². The molecule has 68 valence electrons. The van der Waals surface area contributed by atoms with Gasteiger partial charge in [-0.3, -0.25) is 4.90 Å². The predicted molar refractivity (Wildman–Crippen MR) is 50.5 cm³/mol. The van der Waals surface area contributed by atoms with Crippen LogP contribution in [-0.4, -0.2) is 29.1 Å². The van der Waals surface area contributed by atoms with Crippen molar-refractivity contribution in [3.8, 4) is 0 Å². The first-order chi connectivity index (χ1) is 6.27. The zero-order valence-corrected chi connectivity index (χ0v) is 8.28. The minimum absolute atomic E-state index is 0.141. The highest BCUT2D eigenvalue weighted by molar-refractivity contribution is 9.10. The van der Waals surface area contributed by atoms with Gasteiger partial charge < -0.3 is 5.32 Å². The van der Waals surface area contributed by atoms with E-state index in [1.165, 1.54) is 4.90 Å². The van der Waals surface area contributed by atoms with Gasteiger partial charge in [0.2, 0.25) is 5.95 Å². The molecule has 0 radical (unpaired) electrons. The molecule has 0 bridgehead atoms. The molecule has 0 saturated carbocycles. The lowest BCUT2D eigenvalue weighted by molar-refractivity contribution is 0.252. The van der Waals surface area contributed by atoms with Crippen molar-refractivity contribution in [1.82, 2.24) is 15.3 Å². The van der Waals surface area contributed by atoms with Crippen LogP contribution in [0, 0.1) is 0 Å². The van der Waals surface area contributed by atoms with E-state index in [1.807, 2.05) is 0 Å². The van der Waals surface area contributed by atoms with E-state index in [2.05, 4.69) is 31.2 Å². The number of nitrogens with zero attached hydrogens (tertiary/aromatic N) is 3. The molecule has 0 aromatic carbocycles. The molecule has 1 N–H and O–H groups in total. The van der Waals surface area contributed by atoms with E-state index < -0.39 is 0 Å². The smallest absolute Gasteiger partial charge is 0.324 e. The molecule has 0 unspecified atom stereocenters. The Balaban J connectivity index is 2.29. The molecule has 1 aliphatic heterocycles. The van der Waals surface area contributed by atoms with E-state index in [9.17, 15) is 4.79 Å². The summed E-state index contributed by atoms with van der Waals surface area (Å²) in [5.74, 6) is 0.435. The molecule has 1 fully saturated rings. The van der Waals surface area contributed by atoms with Gasteiger partial charge in [-0.2, -0.15) is 0 Å². The number of urea groups is 1. The summed E-state index contributed by atoms with van der Waals surface area (Å²) < 4.78 is 0.678. The van der Waals surface area contributed by atoms with Gasteiger partial charge in [0.15, 0.2) is 0 Å². The first-order valence-corrected chi connectivity index (χ1v) is 4.60. The number of nitrogens with one attached hydrogen (secondary N) is 1. The van der Waals surface area contributed by atoms with Crippen LogP contribution in [0.2, 0.25) is 0 Å². The Morgan fingerprint density at radius 1 is 1.62 bits per heavy atom.